The molecule has 1 atom stereocenters. The van der Waals surface area contributed by atoms with E-state index in [4.69, 9.17) is 9.47 Å². The summed E-state index contributed by atoms with van der Waals surface area (Å²) < 4.78 is 11.0. The zero-order valence-electron chi connectivity index (χ0n) is 18.3. The van der Waals surface area contributed by atoms with Crippen LogP contribution < -0.4 is 4.74 Å². The molecule has 168 valence electrons. The number of benzene rings is 2. The van der Waals surface area contributed by atoms with Crippen molar-refractivity contribution in [3.8, 4) is 28.5 Å². The molecule has 8 heteroatoms. The smallest absolute Gasteiger partial charge is 0.273 e. The van der Waals surface area contributed by atoms with E-state index in [0.29, 0.717) is 47.8 Å². The van der Waals surface area contributed by atoms with Crippen molar-refractivity contribution in [3.63, 3.8) is 0 Å². The molecular weight excluding hydrogens is 410 g/mol. The van der Waals surface area contributed by atoms with E-state index in [9.17, 15) is 15.0 Å². The second-order valence-electron chi connectivity index (χ2n) is 7.98. The van der Waals surface area contributed by atoms with Crippen molar-refractivity contribution in [2.24, 2.45) is 0 Å². The number of aromatic nitrogens is 2. The summed E-state index contributed by atoms with van der Waals surface area (Å²) in [6.07, 6.45) is 0.783. The number of nitrogens with zero attached hydrogens (tertiary/aromatic N) is 2. The number of carbonyl (C=O) groups excluding carboxylic acids is 1. The number of aromatic hydroxyl groups is 2. The van der Waals surface area contributed by atoms with Gasteiger partial charge in [0.2, 0.25) is 0 Å². The fourth-order valence-electron chi connectivity index (χ4n) is 4.07. The van der Waals surface area contributed by atoms with Gasteiger partial charge in [-0.05, 0) is 50.1 Å². The van der Waals surface area contributed by atoms with Gasteiger partial charge in [-0.15, -0.1) is 0 Å². The van der Waals surface area contributed by atoms with Gasteiger partial charge in [-0.3, -0.25) is 9.89 Å². The number of amides is 1. The van der Waals surface area contributed by atoms with Gasteiger partial charge in [0.25, 0.3) is 5.91 Å². The van der Waals surface area contributed by atoms with E-state index < -0.39 is 6.04 Å². The number of para-hydroxylation sites is 1. The third-order valence-electron chi connectivity index (χ3n) is 5.54. The van der Waals surface area contributed by atoms with E-state index >= 15 is 0 Å². The highest BCUT2D eigenvalue weighted by molar-refractivity contribution is 6.00. The van der Waals surface area contributed by atoms with E-state index in [0.717, 1.165) is 5.56 Å². The lowest BCUT2D eigenvalue weighted by Crippen LogP contribution is -2.31. The largest absolute Gasteiger partial charge is 0.507 e. The number of rotatable bonds is 8. The Hall–Kier alpha value is -3.52. The Labute approximate surface area is 186 Å². The summed E-state index contributed by atoms with van der Waals surface area (Å²) in [5.74, 6) is 0.251. The molecule has 0 saturated heterocycles. The first-order valence-corrected chi connectivity index (χ1v) is 10.6. The summed E-state index contributed by atoms with van der Waals surface area (Å²) in [5, 5.41) is 27.7. The van der Waals surface area contributed by atoms with Gasteiger partial charge in [0.15, 0.2) is 11.5 Å². The van der Waals surface area contributed by atoms with E-state index in [2.05, 4.69) is 10.2 Å². The Morgan fingerprint density at radius 2 is 1.94 bits per heavy atom. The molecular formula is C24H27N3O5. The maximum Gasteiger partial charge on any atom is 0.273 e. The number of hydrogen-bond donors (Lipinski definition) is 3. The highest BCUT2D eigenvalue weighted by atomic mass is 16.5. The van der Waals surface area contributed by atoms with Crippen LogP contribution in [0.3, 0.4) is 0 Å². The number of aromatic amines is 1. The maximum absolute atomic E-state index is 13.3. The van der Waals surface area contributed by atoms with E-state index in [1.165, 1.54) is 7.11 Å². The first-order chi connectivity index (χ1) is 15.4. The van der Waals surface area contributed by atoms with Gasteiger partial charge in [-0.1, -0.05) is 18.2 Å². The monoisotopic (exact) mass is 437 g/mol. The minimum Gasteiger partial charge on any atom is -0.507 e. The highest BCUT2D eigenvalue weighted by Gasteiger charge is 2.42. The molecule has 0 radical (unpaired) electrons. The molecule has 0 unspecified atom stereocenters. The number of methoxy groups -OCH3 is 1. The lowest BCUT2D eigenvalue weighted by molar-refractivity contribution is 0.0601. The number of H-pyrrole nitrogens is 1. The lowest BCUT2D eigenvalue weighted by Gasteiger charge is -2.27. The third-order valence-corrected chi connectivity index (χ3v) is 5.54. The minimum atomic E-state index is -0.459. The number of fused-ring (bicyclic) bond motifs is 1. The van der Waals surface area contributed by atoms with Crippen molar-refractivity contribution < 1.29 is 24.5 Å². The molecule has 0 bridgehead atoms. The molecule has 1 amide bonds. The van der Waals surface area contributed by atoms with Gasteiger partial charge in [0.1, 0.15) is 17.1 Å². The number of phenolic OH excluding ortho intramolecular Hbond substituents is 2. The molecule has 8 nitrogen and oxygen atoms in total. The summed E-state index contributed by atoms with van der Waals surface area (Å²) in [6, 6.07) is 11.5. The topological polar surface area (TPSA) is 108 Å². The van der Waals surface area contributed by atoms with Gasteiger partial charge in [-0.2, -0.15) is 5.10 Å². The molecule has 1 aliphatic rings. The van der Waals surface area contributed by atoms with Crippen LogP contribution in [0.2, 0.25) is 0 Å². The van der Waals surface area contributed by atoms with Crippen LogP contribution in [0.5, 0.6) is 17.2 Å². The number of phenols is 2. The van der Waals surface area contributed by atoms with Crippen LogP contribution in [0.1, 0.15) is 47.9 Å². The Morgan fingerprint density at radius 3 is 2.66 bits per heavy atom. The number of hydrogen-bond acceptors (Lipinski definition) is 6. The molecule has 2 heterocycles. The zero-order chi connectivity index (χ0) is 22.8. The second kappa shape index (κ2) is 8.92. The molecule has 2 aromatic carbocycles. The van der Waals surface area contributed by atoms with Crippen LogP contribution in [-0.2, 0) is 4.74 Å². The van der Waals surface area contributed by atoms with Crippen LogP contribution >= 0.6 is 0 Å². The van der Waals surface area contributed by atoms with Crippen LogP contribution in [0.4, 0.5) is 0 Å². The van der Waals surface area contributed by atoms with E-state index in [-0.39, 0.29) is 23.5 Å². The molecule has 0 spiro atoms. The third kappa shape index (κ3) is 3.89. The van der Waals surface area contributed by atoms with Crippen LogP contribution in [0, 0.1) is 0 Å². The second-order valence-corrected chi connectivity index (χ2v) is 7.98. The summed E-state index contributed by atoms with van der Waals surface area (Å²) in [4.78, 5) is 15.1. The van der Waals surface area contributed by atoms with Gasteiger partial charge in [-0.25, -0.2) is 0 Å². The number of carbonyl (C=O) groups is 1. The Balaban J connectivity index is 1.78. The SMILES string of the molecule is COc1cc([C@@H]2c3c(-c4ccccc4O)n[nH]c3C(=O)N2CCCOC(C)C)ccc1O. The summed E-state index contributed by atoms with van der Waals surface area (Å²) in [7, 11) is 1.48. The molecule has 3 N–H and O–H groups in total. The average molecular weight is 437 g/mol. The Morgan fingerprint density at radius 1 is 1.16 bits per heavy atom. The standard InChI is InChI=1S/C24H27N3O5/c1-14(2)32-12-6-11-27-23(15-9-10-18(29)19(13-15)31-3)20-21(25-26-22(20)24(27)30)16-7-4-5-8-17(16)28/h4-5,7-10,13-14,23,28-29H,6,11-12H2,1-3H3,(H,25,26)/t23-/m1/s1. The molecule has 0 fully saturated rings. The molecule has 0 saturated carbocycles. The van der Waals surface area contributed by atoms with Crippen molar-refractivity contribution >= 4 is 5.91 Å². The van der Waals surface area contributed by atoms with Crippen LogP contribution in [0.15, 0.2) is 42.5 Å². The van der Waals surface area contributed by atoms with Crippen molar-refractivity contribution in [2.75, 3.05) is 20.3 Å². The van der Waals surface area contributed by atoms with Crippen molar-refractivity contribution in [3.05, 3.63) is 59.3 Å². The first kappa shape index (κ1) is 21.7. The molecule has 32 heavy (non-hydrogen) atoms. The van der Waals surface area contributed by atoms with Crippen molar-refractivity contribution in [1.29, 1.82) is 0 Å². The van der Waals surface area contributed by atoms with Gasteiger partial charge in [0.05, 0.1) is 19.3 Å². The number of nitrogens with one attached hydrogen (secondary N) is 1. The van der Waals surface area contributed by atoms with Crippen molar-refractivity contribution in [1.82, 2.24) is 15.1 Å². The normalized spacial score (nSPS) is 15.4. The highest BCUT2D eigenvalue weighted by Crippen LogP contribution is 2.45. The Kier molecular flexibility index (Phi) is 6.05. The molecule has 1 aromatic heterocycles. The molecule has 3 aromatic rings. The number of ether oxygens (including phenoxy) is 2. The van der Waals surface area contributed by atoms with Gasteiger partial charge < -0.3 is 24.6 Å². The van der Waals surface area contributed by atoms with E-state index in [1.54, 1.807) is 41.3 Å². The maximum atomic E-state index is 13.3. The molecule has 0 aliphatic carbocycles. The van der Waals surface area contributed by atoms with Gasteiger partial charge >= 0.3 is 0 Å². The quantitative estimate of drug-likeness (QED) is 0.462. The lowest BCUT2D eigenvalue weighted by atomic mass is 9.95. The minimum absolute atomic E-state index is 0.0193. The molecule has 4 rings (SSSR count). The zero-order valence-corrected chi connectivity index (χ0v) is 18.3. The van der Waals surface area contributed by atoms with Gasteiger partial charge in [0, 0.05) is 24.3 Å². The predicted molar refractivity (Wildman–Crippen MR) is 119 cm³/mol. The summed E-state index contributed by atoms with van der Waals surface area (Å²) in [5.41, 5.74) is 2.91. The van der Waals surface area contributed by atoms with Crippen LogP contribution in [-0.4, -0.2) is 57.6 Å². The fourth-order valence-corrected chi connectivity index (χ4v) is 4.07. The summed E-state index contributed by atoms with van der Waals surface area (Å²) in [6.45, 7) is 4.96. The predicted octanol–water partition coefficient (Wildman–Crippen LogP) is 3.86. The van der Waals surface area contributed by atoms with Crippen molar-refractivity contribution in [2.45, 2.75) is 32.4 Å². The Bertz CT molecular complexity index is 1120. The molecule has 1 aliphatic heterocycles. The van der Waals surface area contributed by atoms with Crippen LogP contribution in [0.25, 0.3) is 11.3 Å². The summed E-state index contributed by atoms with van der Waals surface area (Å²) >= 11 is 0. The fraction of sp³-hybridized carbons (Fsp3) is 0.333. The first-order valence-electron chi connectivity index (χ1n) is 10.6. The van der Waals surface area contributed by atoms with E-state index in [1.807, 2.05) is 19.9 Å². The average Bonchev–Trinajstić information content (AvgIpc) is 3.31.